The standard InChI is InChI=1S/C8H14N4/c1-11-5-9-4-8-7(11)3-10-6-12(8)2/h3,6,8-9H,4-5H2,1-2H3. The Labute approximate surface area is 72.6 Å². The van der Waals surface area contributed by atoms with Crippen LogP contribution in [0.3, 0.4) is 0 Å². The Bertz CT molecular complexity index is 233. The summed E-state index contributed by atoms with van der Waals surface area (Å²) in [7, 11) is 4.14. The molecule has 0 aliphatic carbocycles. The lowest BCUT2D eigenvalue weighted by Gasteiger charge is -2.40. The van der Waals surface area contributed by atoms with Gasteiger partial charge in [0.05, 0.1) is 24.7 Å². The summed E-state index contributed by atoms with van der Waals surface area (Å²) in [5.41, 5.74) is 1.30. The molecule has 0 bridgehead atoms. The van der Waals surface area contributed by atoms with E-state index in [-0.39, 0.29) is 0 Å². The Kier molecular flexibility index (Phi) is 1.77. The summed E-state index contributed by atoms with van der Waals surface area (Å²) >= 11 is 0. The van der Waals surface area contributed by atoms with Crippen LogP contribution in [0.5, 0.6) is 0 Å². The van der Waals surface area contributed by atoms with E-state index in [4.69, 9.17) is 0 Å². The normalized spacial score (nSPS) is 28.5. The zero-order chi connectivity index (χ0) is 8.55. The molecule has 1 unspecified atom stereocenters. The van der Waals surface area contributed by atoms with Crippen LogP contribution in [-0.2, 0) is 0 Å². The van der Waals surface area contributed by atoms with Gasteiger partial charge in [0.2, 0.25) is 0 Å². The fraction of sp³-hybridized carbons (Fsp3) is 0.625. The third-order valence-electron chi connectivity index (χ3n) is 2.42. The molecule has 2 aliphatic heterocycles. The van der Waals surface area contributed by atoms with Gasteiger partial charge in [-0.2, -0.15) is 0 Å². The lowest BCUT2D eigenvalue weighted by atomic mass is 10.1. The molecule has 1 fully saturated rings. The molecule has 0 radical (unpaired) electrons. The number of hydrogen-bond acceptors (Lipinski definition) is 4. The molecule has 2 rings (SSSR count). The molecule has 1 atom stereocenters. The van der Waals surface area contributed by atoms with E-state index in [1.165, 1.54) is 5.70 Å². The SMILES string of the molecule is CN1CNCC2C1=CN=CN2C. The molecule has 0 aromatic rings. The molecule has 0 aromatic heterocycles. The van der Waals surface area contributed by atoms with Crippen LogP contribution in [0.4, 0.5) is 0 Å². The van der Waals surface area contributed by atoms with Gasteiger partial charge in [0.25, 0.3) is 0 Å². The highest BCUT2D eigenvalue weighted by atomic mass is 15.3. The minimum absolute atomic E-state index is 0.459. The summed E-state index contributed by atoms with van der Waals surface area (Å²) in [5, 5.41) is 3.35. The molecule has 4 heteroatoms. The predicted octanol–water partition coefficient (Wildman–Crippen LogP) is -0.337. The molecule has 1 N–H and O–H groups in total. The average Bonchev–Trinajstić information content (AvgIpc) is 2.07. The van der Waals surface area contributed by atoms with Gasteiger partial charge in [-0.25, -0.2) is 4.99 Å². The monoisotopic (exact) mass is 166 g/mol. The van der Waals surface area contributed by atoms with Gasteiger partial charge in [0.1, 0.15) is 0 Å². The highest BCUT2D eigenvalue weighted by molar-refractivity contribution is 5.59. The van der Waals surface area contributed by atoms with Crippen molar-refractivity contribution < 1.29 is 0 Å². The molecule has 0 aromatic carbocycles. The van der Waals surface area contributed by atoms with Crippen molar-refractivity contribution in [1.82, 2.24) is 15.1 Å². The Morgan fingerprint density at radius 3 is 3.17 bits per heavy atom. The van der Waals surface area contributed by atoms with Crippen molar-refractivity contribution in [3.63, 3.8) is 0 Å². The van der Waals surface area contributed by atoms with Gasteiger partial charge >= 0.3 is 0 Å². The van der Waals surface area contributed by atoms with Crippen LogP contribution in [0.15, 0.2) is 16.9 Å². The molecule has 0 saturated carbocycles. The van der Waals surface area contributed by atoms with Gasteiger partial charge in [0, 0.05) is 26.8 Å². The maximum Gasteiger partial charge on any atom is 0.0909 e. The van der Waals surface area contributed by atoms with Crippen molar-refractivity contribution in [2.24, 2.45) is 4.99 Å². The summed E-state index contributed by atoms with van der Waals surface area (Å²) in [6, 6.07) is 0.459. The van der Waals surface area contributed by atoms with Gasteiger partial charge in [-0.15, -0.1) is 0 Å². The highest BCUT2D eigenvalue weighted by Gasteiger charge is 2.26. The number of rotatable bonds is 0. The lowest BCUT2D eigenvalue weighted by molar-refractivity contribution is 0.234. The largest absolute Gasteiger partial charge is 0.362 e. The third kappa shape index (κ3) is 1.08. The quantitative estimate of drug-likeness (QED) is 0.534. The Balaban J connectivity index is 2.24. The van der Waals surface area contributed by atoms with Crippen LogP contribution in [0.25, 0.3) is 0 Å². The smallest absolute Gasteiger partial charge is 0.0909 e. The maximum absolute atomic E-state index is 4.16. The van der Waals surface area contributed by atoms with E-state index >= 15 is 0 Å². The van der Waals surface area contributed by atoms with Crippen molar-refractivity contribution >= 4 is 6.34 Å². The first-order chi connectivity index (χ1) is 5.79. The van der Waals surface area contributed by atoms with E-state index in [0.29, 0.717) is 6.04 Å². The molecule has 0 spiro atoms. The maximum atomic E-state index is 4.16. The van der Waals surface area contributed by atoms with Crippen molar-refractivity contribution in [2.45, 2.75) is 6.04 Å². The highest BCUT2D eigenvalue weighted by Crippen LogP contribution is 2.17. The first-order valence-corrected chi connectivity index (χ1v) is 4.16. The van der Waals surface area contributed by atoms with E-state index in [1.807, 2.05) is 12.5 Å². The van der Waals surface area contributed by atoms with Crippen LogP contribution in [-0.4, -0.2) is 49.5 Å². The molecular formula is C8H14N4. The molecule has 2 aliphatic rings. The van der Waals surface area contributed by atoms with Crippen molar-refractivity contribution in [3.05, 3.63) is 11.9 Å². The van der Waals surface area contributed by atoms with E-state index < -0.39 is 0 Å². The fourth-order valence-corrected chi connectivity index (χ4v) is 1.65. The first-order valence-electron chi connectivity index (χ1n) is 4.16. The number of hydrogen-bond donors (Lipinski definition) is 1. The number of fused-ring (bicyclic) bond motifs is 1. The van der Waals surface area contributed by atoms with E-state index in [0.717, 1.165) is 13.2 Å². The first kappa shape index (κ1) is 7.61. The van der Waals surface area contributed by atoms with Gasteiger partial charge < -0.3 is 9.80 Å². The zero-order valence-electron chi connectivity index (χ0n) is 7.49. The Morgan fingerprint density at radius 2 is 2.42 bits per heavy atom. The van der Waals surface area contributed by atoms with E-state index in [9.17, 15) is 0 Å². The Hall–Kier alpha value is -1.03. The Morgan fingerprint density at radius 1 is 1.58 bits per heavy atom. The summed E-state index contributed by atoms with van der Waals surface area (Å²) in [6.07, 6.45) is 3.82. The van der Waals surface area contributed by atoms with Gasteiger partial charge in [-0.05, 0) is 0 Å². The second-order valence-corrected chi connectivity index (χ2v) is 3.31. The van der Waals surface area contributed by atoms with Crippen LogP contribution in [0.1, 0.15) is 0 Å². The summed E-state index contributed by atoms with van der Waals surface area (Å²) in [4.78, 5) is 8.49. The lowest BCUT2D eigenvalue weighted by Crippen LogP contribution is -2.53. The average molecular weight is 166 g/mol. The van der Waals surface area contributed by atoms with Crippen LogP contribution in [0.2, 0.25) is 0 Å². The molecule has 66 valence electrons. The molecule has 1 saturated heterocycles. The molecule has 12 heavy (non-hydrogen) atoms. The number of aliphatic imine (C=N–C) groups is 1. The third-order valence-corrected chi connectivity index (χ3v) is 2.42. The molecular weight excluding hydrogens is 152 g/mol. The van der Waals surface area contributed by atoms with Gasteiger partial charge in [-0.1, -0.05) is 0 Å². The van der Waals surface area contributed by atoms with Crippen molar-refractivity contribution in [3.8, 4) is 0 Å². The van der Waals surface area contributed by atoms with Gasteiger partial charge in [0.15, 0.2) is 0 Å². The number of likely N-dealkylation sites (N-methyl/N-ethyl adjacent to an activating group) is 2. The van der Waals surface area contributed by atoms with Crippen molar-refractivity contribution in [1.29, 1.82) is 0 Å². The summed E-state index contributed by atoms with van der Waals surface area (Å²) in [5.74, 6) is 0. The topological polar surface area (TPSA) is 30.9 Å². The van der Waals surface area contributed by atoms with Crippen LogP contribution in [0, 0.1) is 0 Å². The summed E-state index contributed by atoms with van der Waals surface area (Å²) < 4.78 is 0. The minimum atomic E-state index is 0.459. The van der Waals surface area contributed by atoms with Crippen molar-refractivity contribution in [2.75, 3.05) is 27.3 Å². The second kappa shape index (κ2) is 2.79. The second-order valence-electron chi connectivity index (χ2n) is 3.31. The van der Waals surface area contributed by atoms with Crippen LogP contribution >= 0.6 is 0 Å². The van der Waals surface area contributed by atoms with E-state index in [1.54, 1.807) is 0 Å². The molecule has 2 heterocycles. The van der Waals surface area contributed by atoms with E-state index in [2.05, 4.69) is 34.2 Å². The van der Waals surface area contributed by atoms with Crippen LogP contribution < -0.4 is 5.32 Å². The molecule has 0 amide bonds. The predicted molar refractivity (Wildman–Crippen MR) is 48.8 cm³/mol. The zero-order valence-corrected chi connectivity index (χ0v) is 7.49. The molecule has 4 nitrogen and oxygen atoms in total. The summed E-state index contributed by atoms with van der Waals surface area (Å²) in [6.45, 7) is 1.93. The number of nitrogens with one attached hydrogen (secondary N) is 1. The number of nitrogens with zero attached hydrogens (tertiary/aromatic N) is 3. The minimum Gasteiger partial charge on any atom is -0.362 e. The fourth-order valence-electron chi connectivity index (χ4n) is 1.65. The van der Waals surface area contributed by atoms with Gasteiger partial charge in [-0.3, -0.25) is 5.32 Å².